The third-order valence-corrected chi connectivity index (χ3v) is 4.94. The van der Waals surface area contributed by atoms with E-state index in [1.807, 2.05) is 31.7 Å². The van der Waals surface area contributed by atoms with Crippen LogP contribution in [0.15, 0.2) is 12.4 Å². The van der Waals surface area contributed by atoms with Crippen LogP contribution in [-0.4, -0.2) is 69.7 Å². The van der Waals surface area contributed by atoms with Gasteiger partial charge in [-0.05, 0) is 13.8 Å². The van der Waals surface area contributed by atoms with Gasteiger partial charge in [0, 0.05) is 38.4 Å². The van der Waals surface area contributed by atoms with Gasteiger partial charge >= 0.3 is 6.03 Å². The molecule has 2 aliphatic rings. The third kappa shape index (κ3) is 5.00. The standard InChI is InChI=1S/C18H29N5O5/c1-10(2)22-18(26)21-8-13-16(25)17-12(28-13)6-11(27-17)7-15(24)20-9-14-19-4-5-23(14)3/h4-5,10-13,16-17,25H,6-9H2,1-3H3,(H,20,24)(H2,21,22,26). The third-order valence-electron chi connectivity index (χ3n) is 4.94. The van der Waals surface area contributed by atoms with Crippen molar-refractivity contribution in [3.63, 3.8) is 0 Å². The summed E-state index contributed by atoms with van der Waals surface area (Å²) in [6.45, 7) is 4.29. The van der Waals surface area contributed by atoms with Crippen molar-refractivity contribution in [2.24, 2.45) is 7.05 Å². The zero-order chi connectivity index (χ0) is 20.3. The first-order valence-corrected chi connectivity index (χ1v) is 9.59. The number of carbonyl (C=O) groups excluding carboxylic acids is 2. The molecule has 2 aliphatic heterocycles. The van der Waals surface area contributed by atoms with Crippen LogP contribution in [0.2, 0.25) is 0 Å². The Morgan fingerprint density at radius 3 is 2.79 bits per heavy atom. The van der Waals surface area contributed by atoms with Crippen molar-refractivity contribution in [2.75, 3.05) is 6.54 Å². The van der Waals surface area contributed by atoms with E-state index < -0.39 is 18.3 Å². The van der Waals surface area contributed by atoms with Gasteiger partial charge in [0.1, 0.15) is 24.1 Å². The molecular weight excluding hydrogens is 366 g/mol. The Kier molecular flexibility index (Phi) is 6.53. The second kappa shape index (κ2) is 8.89. The van der Waals surface area contributed by atoms with Crippen molar-refractivity contribution in [2.45, 2.75) is 69.8 Å². The van der Waals surface area contributed by atoms with E-state index in [4.69, 9.17) is 9.47 Å². The smallest absolute Gasteiger partial charge is 0.315 e. The van der Waals surface area contributed by atoms with Crippen molar-refractivity contribution in [3.05, 3.63) is 18.2 Å². The van der Waals surface area contributed by atoms with Crippen molar-refractivity contribution in [1.82, 2.24) is 25.5 Å². The highest BCUT2D eigenvalue weighted by Gasteiger charge is 2.50. The Morgan fingerprint density at radius 1 is 1.36 bits per heavy atom. The lowest BCUT2D eigenvalue weighted by atomic mass is 10.1. The molecule has 10 heteroatoms. The number of urea groups is 1. The highest BCUT2D eigenvalue weighted by molar-refractivity contribution is 5.76. The molecule has 3 heterocycles. The van der Waals surface area contributed by atoms with Gasteiger partial charge in [0.15, 0.2) is 0 Å². The Hall–Kier alpha value is -2.17. The Bertz CT molecular complexity index is 694. The molecule has 28 heavy (non-hydrogen) atoms. The van der Waals surface area contributed by atoms with Crippen LogP contribution in [-0.2, 0) is 27.9 Å². The number of imidazole rings is 1. The number of aliphatic hydroxyl groups excluding tert-OH is 1. The summed E-state index contributed by atoms with van der Waals surface area (Å²) in [6, 6.07) is -0.271. The minimum Gasteiger partial charge on any atom is -0.388 e. The molecule has 2 saturated heterocycles. The number of ether oxygens (including phenoxy) is 2. The second-order valence-corrected chi connectivity index (χ2v) is 7.61. The number of nitrogens with one attached hydrogen (secondary N) is 3. The predicted octanol–water partition coefficient (Wildman–Crippen LogP) is -0.580. The van der Waals surface area contributed by atoms with Gasteiger partial charge in [-0.2, -0.15) is 0 Å². The molecule has 2 fully saturated rings. The van der Waals surface area contributed by atoms with E-state index in [9.17, 15) is 14.7 Å². The molecule has 0 aliphatic carbocycles. The van der Waals surface area contributed by atoms with Gasteiger partial charge in [0.25, 0.3) is 0 Å². The predicted molar refractivity (Wildman–Crippen MR) is 99.3 cm³/mol. The van der Waals surface area contributed by atoms with Gasteiger partial charge in [-0.25, -0.2) is 9.78 Å². The van der Waals surface area contributed by atoms with E-state index in [1.165, 1.54) is 0 Å². The van der Waals surface area contributed by atoms with Gasteiger partial charge in [0.2, 0.25) is 5.91 Å². The maximum Gasteiger partial charge on any atom is 0.315 e. The maximum absolute atomic E-state index is 12.2. The minimum atomic E-state index is -0.843. The van der Waals surface area contributed by atoms with Gasteiger partial charge in [-0.3, -0.25) is 4.79 Å². The fourth-order valence-electron chi connectivity index (χ4n) is 3.54. The molecule has 1 aromatic rings. The summed E-state index contributed by atoms with van der Waals surface area (Å²) >= 11 is 0. The molecule has 3 rings (SSSR count). The fourth-order valence-corrected chi connectivity index (χ4v) is 3.54. The van der Waals surface area contributed by atoms with Crippen LogP contribution in [0.4, 0.5) is 4.79 Å². The van der Waals surface area contributed by atoms with E-state index in [1.54, 1.807) is 6.20 Å². The van der Waals surface area contributed by atoms with Gasteiger partial charge < -0.3 is 35.1 Å². The van der Waals surface area contributed by atoms with Crippen LogP contribution in [0.3, 0.4) is 0 Å². The van der Waals surface area contributed by atoms with Crippen molar-refractivity contribution in [3.8, 4) is 0 Å². The number of aryl methyl sites for hydroxylation is 1. The van der Waals surface area contributed by atoms with Gasteiger partial charge in [-0.1, -0.05) is 0 Å². The molecule has 0 spiro atoms. The van der Waals surface area contributed by atoms with Crippen LogP contribution in [0.1, 0.15) is 32.5 Å². The van der Waals surface area contributed by atoms with E-state index in [2.05, 4.69) is 20.9 Å². The Labute approximate surface area is 164 Å². The number of aliphatic hydroxyl groups is 1. The van der Waals surface area contributed by atoms with E-state index >= 15 is 0 Å². The van der Waals surface area contributed by atoms with E-state index in [-0.39, 0.29) is 43.2 Å². The average Bonchev–Trinajstić information content (AvgIpc) is 3.27. The Balaban J connectivity index is 1.39. The molecule has 0 aromatic carbocycles. The summed E-state index contributed by atoms with van der Waals surface area (Å²) in [4.78, 5) is 28.0. The lowest BCUT2D eigenvalue weighted by Gasteiger charge is -2.20. The van der Waals surface area contributed by atoms with Crippen molar-refractivity contribution < 1.29 is 24.2 Å². The number of hydrogen-bond acceptors (Lipinski definition) is 6. The molecule has 0 bridgehead atoms. The summed E-state index contributed by atoms with van der Waals surface area (Å²) in [5.41, 5.74) is 0. The molecule has 156 valence electrons. The van der Waals surface area contributed by atoms with E-state index in [0.717, 1.165) is 5.82 Å². The first-order chi connectivity index (χ1) is 13.3. The molecule has 5 unspecified atom stereocenters. The number of nitrogens with zero attached hydrogens (tertiary/aromatic N) is 2. The number of hydrogen-bond donors (Lipinski definition) is 4. The van der Waals surface area contributed by atoms with Crippen LogP contribution < -0.4 is 16.0 Å². The Morgan fingerprint density at radius 2 is 2.14 bits per heavy atom. The maximum atomic E-state index is 12.2. The highest BCUT2D eigenvalue weighted by Crippen LogP contribution is 2.35. The van der Waals surface area contributed by atoms with Crippen LogP contribution in [0, 0.1) is 0 Å². The normalized spacial score (nSPS) is 29.0. The van der Waals surface area contributed by atoms with Gasteiger partial charge in [0.05, 0.1) is 25.2 Å². The highest BCUT2D eigenvalue weighted by atomic mass is 16.6. The molecular formula is C18H29N5O5. The summed E-state index contributed by atoms with van der Waals surface area (Å²) in [7, 11) is 1.87. The monoisotopic (exact) mass is 395 g/mol. The molecule has 10 nitrogen and oxygen atoms in total. The number of amides is 3. The van der Waals surface area contributed by atoms with Crippen LogP contribution in [0.5, 0.6) is 0 Å². The average molecular weight is 395 g/mol. The van der Waals surface area contributed by atoms with Crippen molar-refractivity contribution in [1.29, 1.82) is 0 Å². The number of carbonyl (C=O) groups is 2. The first kappa shape index (κ1) is 20.6. The van der Waals surface area contributed by atoms with Gasteiger partial charge in [-0.15, -0.1) is 0 Å². The lowest BCUT2D eigenvalue weighted by molar-refractivity contribution is -0.125. The summed E-state index contributed by atoms with van der Waals surface area (Å²) < 4.78 is 13.5. The van der Waals surface area contributed by atoms with E-state index in [0.29, 0.717) is 13.0 Å². The lowest BCUT2D eigenvalue weighted by Crippen LogP contribution is -2.45. The van der Waals surface area contributed by atoms with Crippen LogP contribution in [0.25, 0.3) is 0 Å². The van der Waals surface area contributed by atoms with Crippen LogP contribution >= 0.6 is 0 Å². The van der Waals surface area contributed by atoms with Crippen molar-refractivity contribution >= 4 is 11.9 Å². The largest absolute Gasteiger partial charge is 0.388 e. The molecule has 1 aromatic heterocycles. The molecule has 0 saturated carbocycles. The molecule has 3 amide bonds. The summed E-state index contributed by atoms with van der Waals surface area (Å²) in [5, 5.41) is 18.7. The zero-order valence-electron chi connectivity index (χ0n) is 16.4. The summed E-state index contributed by atoms with van der Waals surface area (Å²) in [6.07, 6.45) is 1.81. The number of aromatic nitrogens is 2. The fraction of sp³-hybridized carbons (Fsp3) is 0.722. The molecule has 5 atom stereocenters. The zero-order valence-corrected chi connectivity index (χ0v) is 16.4. The second-order valence-electron chi connectivity index (χ2n) is 7.61. The molecule has 4 N–H and O–H groups in total. The summed E-state index contributed by atoms with van der Waals surface area (Å²) in [5.74, 6) is 0.638. The topological polar surface area (TPSA) is 127 Å². The SMILES string of the molecule is CC(C)NC(=O)NCC1OC2CC(CC(=O)NCc3nccn3C)OC2C1O. The molecule has 0 radical (unpaired) electrons. The number of rotatable bonds is 7. The minimum absolute atomic E-state index is 0.0291. The quantitative estimate of drug-likeness (QED) is 0.489. The number of fused-ring (bicyclic) bond motifs is 1. The first-order valence-electron chi connectivity index (χ1n) is 9.59.